The molecule has 0 saturated heterocycles. The highest BCUT2D eigenvalue weighted by Crippen LogP contribution is 2.61. The number of hydrogen-bond acceptors (Lipinski definition) is 10. The molecule has 0 N–H and O–H groups in total. The number of nitrogens with zero attached hydrogens (tertiary/aromatic N) is 9. The number of para-hydroxylation sites is 4. The molecule has 0 spiro atoms. The molecule has 0 atom stereocenters. The molecule has 18 aromatic carbocycles. The van der Waals surface area contributed by atoms with Gasteiger partial charge in [0.15, 0.2) is 22.8 Å². The number of rotatable bonds is 4. The van der Waals surface area contributed by atoms with Crippen molar-refractivity contribution in [2.45, 2.75) is 0 Å². The van der Waals surface area contributed by atoms with E-state index in [1.807, 2.05) is 121 Å². The van der Waals surface area contributed by atoms with Crippen LogP contribution in [-0.2, 0) is 0 Å². The number of hydrogen-bond donors (Lipinski definition) is 0. The number of benzene rings is 18. The molecule has 0 saturated carbocycles. The monoisotopic (exact) mass is 1630 g/mol. The van der Waals surface area contributed by atoms with Gasteiger partial charge in [0.25, 0.3) is 0 Å². The van der Waals surface area contributed by atoms with Crippen LogP contribution in [0, 0.1) is 53.7 Å². The first-order valence-electron chi connectivity index (χ1n) is 41.7. The Bertz CT molecular complexity index is 9400. The molecule has 13 heteroatoms. The fourth-order valence-corrected chi connectivity index (χ4v) is 20.5. The van der Waals surface area contributed by atoms with E-state index in [2.05, 4.69) is 231 Å². The summed E-state index contributed by atoms with van der Waals surface area (Å²) in [7, 11) is 0. The first-order chi connectivity index (χ1) is 63.2. The molecule has 6 heterocycles. The van der Waals surface area contributed by atoms with E-state index in [0.717, 1.165) is 160 Å². The number of fused-ring (bicyclic) bond motifs is 24. The molecule has 0 unspecified atom stereocenters. The quantitative estimate of drug-likeness (QED) is 0.154. The third kappa shape index (κ3) is 10.5. The average molecular weight is 1630 g/mol. The highest BCUT2D eigenvalue weighted by atomic mass is 16.3. The second-order valence-corrected chi connectivity index (χ2v) is 32.2. The molecule has 6 aromatic heterocycles. The van der Waals surface area contributed by atoms with Crippen molar-refractivity contribution < 1.29 is 17.7 Å². The summed E-state index contributed by atoms with van der Waals surface area (Å²) in [6, 6.07) is 116. The van der Waals surface area contributed by atoms with E-state index in [-0.39, 0.29) is 11.4 Å². The summed E-state index contributed by atoms with van der Waals surface area (Å²) < 4.78 is 25.3. The zero-order chi connectivity index (χ0) is 85.3. The molecular weight excluding hydrogens is 1570 g/mol. The van der Waals surface area contributed by atoms with Gasteiger partial charge in [0.1, 0.15) is 56.8 Å². The summed E-state index contributed by atoms with van der Waals surface area (Å²) in [4.78, 5) is 24.2. The lowest BCUT2D eigenvalue weighted by Gasteiger charge is -2.13. The van der Waals surface area contributed by atoms with Gasteiger partial charge in [-0.3, -0.25) is 4.98 Å². The Kier molecular flexibility index (Phi) is 15.8. The van der Waals surface area contributed by atoms with Crippen LogP contribution >= 0.6 is 0 Å². The van der Waals surface area contributed by atoms with Crippen LogP contribution in [0.1, 0.15) is 17.0 Å². The molecule has 28 rings (SSSR count). The van der Waals surface area contributed by atoms with E-state index in [4.69, 9.17) is 42.4 Å². The average Bonchev–Trinajstić information content (AvgIpc) is 1.56. The van der Waals surface area contributed by atoms with Gasteiger partial charge < -0.3 is 17.7 Å². The molecule has 0 radical (unpaired) electrons. The Balaban J connectivity index is 0.0000000926. The maximum absolute atomic E-state index is 9.71. The van der Waals surface area contributed by atoms with E-state index in [1.165, 1.54) is 93.3 Å². The van der Waals surface area contributed by atoms with Crippen LogP contribution in [0.3, 0.4) is 0 Å². The predicted octanol–water partition coefficient (Wildman–Crippen LogP) is 31.7. The molecule has 584 valence electrons. The topological polar surface area (TPSA) is 176 Å². The Labute approximate surface area is 728 Å². The molecule has 13 nitrogen and oxygen atoms in total. The Hall–Kier alpha value is -18.6. The highest BCUT2D eigenvalue weighted by molar-refractivity contribution is 6.31. The zero-order valence-corrected chi connectivity index (χ0v) is 67.4. The molecule has 0 bridgehead atoms. The Morgan fingerprint density at radius 1 is 0.258 bits per heavy atom. The van der Waals surface area contributed by atoms with Crippen molar-refractivity contribution in [3.63, 3.8) is 0 Å². The number of pyridine rings is 1. The van der Waals surface area contributed by atoms with E-state index >= 15 is 0 Å². The summed E-state index contributed by atoms with van der Waals surface area (Å²) in [5.41, 5.74) is 34.8. The van der Waals surface area contributed by atoms with Gasteiger partial charge in [0.2, 0.25) is 5.69 Å². The van der Waals surface area contributed by atoms with Crippen molar-refractivity contribution in [2.24, 2.45) is 0 Å². The van der Waals surface area contributed by atoms with Crippen LogP contribution in [-0.4, -0.2) is 15.0 Å². The lowest BCUT2D eigenvalue weighted by molar-refractivity contribution is 0.669. The van der Waals surface area contributed by atoms with Gasteiger partial charge in [-0.1, -0.05) is 255 Å². The second-order valence-electron chi connectivity index (χ2n) is 32.2. The summed E-state index contributed by atoms with van der Waals surface area (Å²) >= 11 is 0. The number of aromatic nitrogens is 3. The first kappa shape index (κ1) is 72.2. The molecule has 0 aliphatic heterocycles. The van der Waals surface area contributed by atoms with Crippen LogP contribution in [0.5, 0.6) is 0 Å². The zero-order valence-electron chi connectivity index (χ0n) is 67.4. The first-order valence-corrected chi connectivity index (χ1v) is 41.7. The molecular formula is C115H55N9O4. The van der Waals surface area contributed by atoms with Gasteiger partial charge in [-0.15, -0.1) is 0 Å². The molecule has 4 aliphatic carbocycles. The van der Waals surface area contributed by atoms with E-state index in [0.29, 0.717) is 33.9 Å². The van der Waals surface area contributed by atoms with Gasteiger partial charge in [-0.05, 0) is 199 Å². The summed E-state index contributed by atoms with van der Waals surface area (Å²) in [6.45, 7) is 22.2. The summed E-state index contributed by atoms with van der Waals surface area (Å²) in [6.07, 6.45) is 3.28. The maximum atomic E-state index is 9.71. The molecule has 4 aliphatic rings. The minimum atomic E-state index is 0.00517. The van der Waals surface area contributed by atoms with Crippen LogP contribution in [0.2, 0.25) is 0 Å². The standard InChI is InChI=1S/C30H14N2O.C29H15NO.C28H12N4O.C28H14N2O/c1-32-24-13-12-18(14-19(24)16-31)28-29-22-10-5-7-17-6-4-9-20(27(17)22)23(29)15-26-30(28)21-8-2-3-11-25(21)33-26;1-30-19-14-12-18(13-15-19)27-28-22-10-5-7-17-6-4-9-20(26(17)22)23(28)16-25-29(27)21-8-2-3-11-24(21)31-25;29-12-21-22(13-30)32-23(14-31-21)27-26-18-9-4-6-15-5-3-8-17(25(15)18)19(26)11-20-16-7-1-2-10-24(16)33-28(20)27;1-29-17-12-13-30-22(14-17)28-26-20-10-5-7-16-6-4-9-18(25(16)20)21(26)15-24-27(28)19-8-2-3-11-23(19)31-24/h2-15H;2-16H;1-11,14H;2-15H. The fraction of sp³-hybridized carbons (Fsp3) is 0. The second kappa shape index (κ2) is 28.0. The van der Waals surface area contributed by atoms with Gasteiger partial charge in [0.05, 0.1) is 54.5 Å². The van der Waals surface area contributed by atoms with Crippen molar-refractivity contribution in [1.29, 1.82) is 15.8 Å². The Morgan fingerprint density at radius 2 is 0.656 bits per heavy atom. The third-order valence-corrected chi connectivity index (χ3v) is 25.7. The van der Waals surface area contributed by atoms with Crippen molar-refractivity contribution in [3.8, 4) is 152 Å². The van der Waals surface area contributed by atoms with Gasteiger partial charge in [-0.25, -0.2) is 24.5 Å². The van der Waals surface area contributed by atoms with Crippen molar-refractivity contribution in [3.05, 3.63) is 385 Å². The number of nitriles is 3. The van der Waals surface area contributed by atoms with E-state index in [1.54, 1.807) is 24.5 Å². The van der Waals surface area contributed by atoms with Crippen molar-refractivity contribution in [2.75, 3.05) is 0 Å². The summed E-state index contributed by atoms with van der Waals surface area (Å²) in [5.74, 6) is 0. The summed E-state index contributed by atoms with van der Waals surface area (Å²) in [5, 5.41) is 46.9. The molecule has 24 aromatic rings. The van der Waals surface area contributed by atoms with Gasteiger partial charge in [-0.2, -0.15) is 15.8 Å². The van der Waals surface area contributed by atoms with Crippen LogP contribution < -0.4 is 0 Å². The SMILES string of the molecule is N#Cc1ncc(-c2c3c(cc4c2oc2ccccc24)-c2cccc4cccc-3c24)nc1C#N.[C-]#[N+]c1ccc(-c2c3c(cc4oc5ccccc5c24)-c2cccc4cccc-3c24)cc1.[C-]#[N+]c1ccc(-c2c3c(cc4oc5ccccc5c24)-c2cccc4cccc-3c24)cc1C#N.[C-]#[N+]c1ccnc(-c2c3c(cc4oc5ccccc5c24)-c2cccc4cccc-3c24)c1. The maximum Gasteiger partial charge on any atom is 0.204 e. The Morgan fingerprint density at radius 3 is 1.10 bits per heavy atom. The fourth-order valence-electron chi connectivity index (χ4n) is 20.5. The number of furan rings is 4. The molecule has 0 fully saturated rings. The largest absolute Gasteiger partial charge is 0.456 e. The third-order valence-electron chi connectivity index (χ3n) is 25.7. The van der Waals surface area contributed by atoms with Crippen molar-refractivity contribution in [1.82, 2.24) is 15.0 Å². The predicted molar refractivity (Wildman–Crippen MR) is 511 cm³/mol. The lowest BCUT2D eigenvalue weighted by Crippen LogP contribution is -1.97. The minimum Gasteiger partial charge on any atom is -0.456 e. The lowest BCUT2D eigenvalue weighted by atomic mass is 9.88. The molecule has 0 amide bonds. The van der Waals surface area contributed by atoms with Crippen molar-refractivity contribution >= 4 is 148 Å². The van der Waals surface area contributed by atoms with Crippen LogP contribution in [0.25, 0.3) is 279 Å². The van der Waals surface area contributed by atoms with Gasteiger partial charge in [0, 0.05) is 77.1 Å². The smallest absolute Gasteiger partial charge is 0.204 e. The molecule has 128 heavy (non-hydrogen) atoms. The van der Waals surface area contributed by atoms with Crippen LogP contribution in [0.15, 0.2) is 352 Å². The van der Waals surface area contributed by atoms with Gasteiger partial charge >= 0.3 is 0 Å². The van der Waals surface area contributed by atoms with Crippen LogP contribution in [0.4, 0.5) is 17.1 Å². The highest BCUT2D eigenvalue weighted by Gasteiger charge is 2.35. The minimum absolute atomic E-state index is 0.00517. The van der Waals surface area contributed by atoms with E-state index < -0.39 is 0 Å². The van der Waals surface area contributed by atoms with E-state index in [9.17, 15) is 15.8 Å². The normalized spacial score (nSPS) is 11.7.